The monoisotopic (exact) mass is 299 g/mol. The highest BCUT2D eigenvalue weighted by molar-refractivity contribution is 9.09. The molecule has 0 heterocycles. The molecule has 1 rings (SSSR count). The van der Waals surface area contributed by atoms with E-state index in [0.29, 0.717) is 5.75 Å². The lowest BCUT2D eigenvalue weighted by molar-refractivity contribution is 0.190. The van der Waals surface area contributed by atoms with Crippen LogP contribution in [0.5, 0.6) is 5.75 Å². The Bertz CT molecular complexity index is 368. The van der Waals surface area contributed by atoms with Gasteiger partial charge in [0.2, 0.25) is 0 Å². The van der Waals surface area contributed by atoms with Gasteiger partial charge in [0.15, 0.2) is 0 Å². The maximum Gasteiger partial charge on any atom is 0.413 e. The minimum atomic E-state index is -0.425. The van der Waals surface area contributed by atoms with Gasteiger partial charge in [-0.3, -0.25) is 0 Å². The van der Waals surface area contributed by atoms with Crippen molar-refractivity contribution in [2.75, 3.05) is 5.33 Å². The fourth-order valence-electron chi connectivity index (χ4n) is 1.27. The molecule has 3 nitrogen and oxygen atoms in total. The summed E-state index contributed by atoms with van der Waals surface area (Å²) in [6, 6.07) is 7.53. The zero-order valence-corrected chi connectivity index (χ0v) is 12.0. The second-order valence-electron chi connectivity index (χ2n) is 4.85. The summed E-state index contributed by atoms with van der Waals surface area (Å²) in [5, 5.41) is 3.67. The van der Waals surface area contributed by atoms with Crippen molar-refractivity contribution in [1.29, 1.82) is 0 Å². The van der Waals surface area contributed by atoms with Gasteiger partial charge >= 0.3 is 6.09 Å². The number of aryl methyl sites for hydroxylation is 1. The van der Waals surface area contributed by atoms with E-state index in [1.807, 2.05) is 32.9 Å². The standard InChI is InChI=1S/C13H18BrNO2/c1-13(2,3)15-12(16)17-11-6-4-10(5-7-11)8-9-14/h4-7H,8-9H2,1-3H3,(H,15,16). The SMILES string of the molecule is CC(C)(C)NC(=O)Oc1ccc(CCBr)cc1. The van der Waals surface area contributed by atoms with E-state index in [-0.39, 0.29) is 5.54 Å². The Morgan fingerprint density at radius 1 is 1.29 bits per heavy atom. The molecule has 0 aliphatic heterocycles. The van der Waals surface area contributed by atoms with Gasteiger partial charge in [-0.2, -0.15) is 0 Å². The first-order chi connectivity index (χ1) is 7.90. The summed E-state index contributed by atoms with van der Waals surface area (Å²) >= 11 is 3.38. The van der Waals surface area contributed by atoms with Gasteiger partial charge in [0.1, 0.15) is 5.75 Å². The van der Waals surface area contributed by atoms with E-state index < -0.39 is 6.09 Å². The molecule has 0 saturated carbocycles. The second kappa shape index (κ2) is 6.05. The van der Waals surface area contributed by atoms with Crippen molar-refractivity contribution in [3.8, 4) is 5.75 Å². The van der Waals surface area contributed by atoms with Crippen molar-refractivity contribution in [1.82, 2.24) is 5.32 Å². The van der Waals surface area contributed by atoms with Crippen LogP contribution in [0, 0.1) is 0 Å². The van der Waals surface area contributed by atoms with E-state index >= 15 is 0 Å². The van der Waals surface area contributed by atoms with Gasteiger partial charge < -0.3 is 10.1 Å². The number of nitrogens with one attached hydrogen (secondary N) is 1. The number of carbonyl (C=O) groups excluding carboxylic acids is 1. The Balaban J connectivity index is 2.54. The molecule has 0 atom stereocenters. The average molecular weight is 300 g/mol. The largest absolute Gasteiger partial charge is 0.413 e. The Morgan fingerprint density at radius 3 is 2.35 bits per heavy atom. The third-order valence-electron chi connectivity index (χ3n) is 1.99. The smallest absolute Gasteiger partial charge is 0.410 e. The van der Waals surface area contributed by atoms with Gasteiger partial charge in [-0.15, -0.1) is 0 Å². The molecule has 0 spiro atoms. The van der Waals surface area contributed by atoms with Gasteiger partial charge in [0.05, 0.1) is 0 Å². The molecule has 0 fully saturated rings. The second-order valence-corrected chi connectivity index (χ2v) is 5.64. The lowest BCUT2D eigenvalue weighted by Crippen LogP contribution is -2.42. The molecule has 94 valence electrons. The quantitative estimate of drug-likeness (QED) is 0.868. The number of benzene rings is 1. The van der Waals surface area contributed by atoms with Crippen molar-refractivity contribution < 1.29 is 9.53 Å². The Hall–Kier alpha value is -1.03. The summed E-state index contributed by atoms with van der Waals surface area (Å²) in [5.41, 5.74) is 0.929. The van der Waals surface area contributed by atoms with E-state index in [2.05, 4.69) is 21.2 Å². The third-order valence-corrected chi connectivity index (χ3v) is 2.39. The van der Waals surface area contributed by atoms with Gasteiger partial charge in [-0.05, 0) is 44.9 Å². The first-order valence-corrected chi connectivity index (χ1v) is 6.68. The summed E-state index contributed by atoms with van der Waals surface area (Å²) in [5.74, 6) is 0.560. The molecule has 1 amide bonds. The van der Waals surface area contributed by atoms with Gasteiger partial charge in [-0.25, -0.2) is 4.79 Å². The molecule has 1 aromatic rings. The molecule has 0 aliphatic carbocycles. The normalized spacial score (nSPS) is 11.1. The van der Waals surface area contributed by atoms with Crippen LogP contribution in [0.4, 0.5) is 4.79 Å². The minimum Gasteiger partial charge on any atom is -0.410 e. The number of rotatable bonds is 3. The molecule has 0 aromatic heterocycles. The maximum atomic E-state index is 11.5. The molecule has 1 aromatic carbocycles. The number of alkyl halides is 1. The number of ether oxygens (including phenoxy) is 1. The Labute approximate surface area is 111 Å². The summed E-state index contributed by atoms with van der Waals surface area (Å²) in [7, 11) is 0. The summed E-state index contributed by atoms with van der Waals surface area (Å²) in [6.45, 7) is 5.73. The van der Waals surface area contributed by atoms with E-state index in [9.17, 15) is 4.79 Å². The van der Waals surface area contributed by atoms with Crippen molar-refractivity contribution >= 4 is 22.0 Å². The topological polar surface area (TPSA) is 38.3 Å². The van der Waals surface area contributed by atoms with E-state index in [4.69, 9.17) is 4.74 Å². The number of hydrogen-bond donors (Lipinski definition) is 1. The van der Waals surface area contributed by atoms with Crippen molar-refractivity contribution in [3.63, 3.8) is 0 Å². The van der Waals surface area contributed by atoms with Crippen LogP contribution in [-0.4, -0.2) is 17.0 Å². The summed E-state index contributed by atoms with van der Waals surface area (Å²) in [4.78, 5) is 11.5. The van der Waals surface area contributed by atoms with Crippen molar-refractivity contribution in [2.24, 2.45) is 0 Å². The third kappa shape index (κ3) is 5.73. The Morgan fingerprint density at radius 2 is 1.88 bits per heavy atom. The first kappa shape index (κ1) is 14.0. The summed E-state index contributed by atoms with van der Waals surface area (Å²) < 4.78 is 5.16. The van der Waals surface area contributed by atoms with E-state index in [0.717, 1.165) is 11.8 Å². The number of amides is 1. The molecule has 0 unspecified atom stereocenters. The average Bonchev–Trinajstić information content (AvgIpc) is 2.18. The van der Waals surface area contributed by atoms with Crippen LogP contribution in [-0.2, 0) is 6.42 Å². The fraction of sp³-hybridized carbons (Fsp3) is 0.462. The molecule has 17 heavy (non-hydrogen) atoms. The highest BCUT2D eigenvalue weighted by atomic mass is 79.9. The summed E-state index contributed by atoms with van der Waals surface area (Å²) in [6.07, 6.45) is 0.541. The van der Waals surface area contributed by atoms with E-state index in [1.54, 1.807) is 12.1 Å². The highest BCUT2D eigenvalue weighted by Gasteiger charge is 2.14. The lowest BCUT2D eigenvalue weighted by Gasteiger charge is -2.19. The fourth-order valence-corrected chi connectivity index (χ4v) is 1.73. The number of halogens is 1. The maximum absolute atomic E-state index is 11.5. The van der Waals surface area contributed by atoms with Crippen LogP contribution in [0.1, 0.15) is 26.3 Å². The Kier molecular flexibility index (Phi) is 5.00. The molecular formula is C13H18BrNO2. The molecule has 4 heteroatoms. The zero-order valence-electron chi connectivity index (χ0n) is 10.4. The van der Waals surface area contributed by atoms with Crippen LogP contribution in [0.15, 0.2) is 24.3 Å². The van der Waals surface area contributed by atoms with Gasteiger partial charge in [0.25, 0.3) is 0 Å². The van der Waals surface area contributed by atoms with Crippen LogP contribution < -0.4 is 10.1 Å². The number of carbonyl (C=O) groups is 1. The van der Waals surface area contributed by atoms with E-state index in [1.165, 1.54) is 5.56 Å². The van der Waals surface area contributed by atoms with Gasteiger partial charge in [0, 0.05) is 10.9 Å². The molecule has 0 radical (unpaired) electrons. The van der Waals surface area contributed by atoms with Gasteiger partial charge in [-0.1, -0.05) is 28.1 Å². The molecule has 0 aliphatic rings. The minimum absolute atomic E-state index is 0.285. The highest BCUT2D eigenvalue weighted by Crippen LogP contribution is 2.13. The zero-order chi connectivity index (χ0) is 12.9. The number of hydrogen-bond acceptors (Lipinski definition) is 2. The van der Waals surface area contributed by atoms with Crippen LogP contribution in [0.2, 0.25) is 0 Å². The molecule has 0 bridgehead atoms. The van der Waals surface area contributed by atoms with Crippen molar-refractivity contribution in [2.45, 2.75) is 32.7 Å². The van der Waals surface area contributed by atoms with Crippen LogP contribution in [0.25, 0.3) is 0 Å². The van der Waals surface area contributed by atoms with Crippen LogP contribution in [0.3, 0.4) is 0 Å². The lowest BCUT2D eigenvalue weighted by atomic mass is 10.1. The molecule has 0 saturated heterocycles. The van der Waals surface area contributed by atoms with Crippen molar-refractivity contribution in [3.05, 3.63) is 29.8 Å². The first-order valence-electron chi connectivity index (χ1n) is 5.55. The van der Waals surface area contributed by atoms with Crippen LogP contribution >= 0.6 is 15.9 Å². The predicted octanol–water partition coefficient (Wildman–Crippen LogP) is 3.51. The predicted molar refractivity (Wildman–Crippen MR) is 72.9 cm³/mol. The molecular weight excluding hydrogens is 282 g/mol. The molecule has 1 N–H and O–H groups in total.